The number of aromatic amines is 1. The molecule has 1 aromatic carbocycles. The lowest BCUT2D eigenvalue weighted by Gasteiger charge is -2.19. The Hall–Kier alpha value is -3.73. The van der Waals surface area contributed by atoms with Crippen LogP contribution in [0.15, 0.2) is 73.3 Å². The number of amides is 1. The predicted molar refractivity (Wildman–Crippen MR) is 135 cm³/mol. The van der Waals surface area contributed by atoms with Gasteiger partial charge in [-0.3, -0.25) is 9.78 Å². The van der Waals surface area contributed by atoms with Crippen molar-refractivity contribution in [3.8, 4) is 11.1 Å². The maximum Gasteiger partial charge on any atom is 0.230 e. The number of allylic oxidation sites excluding steroid dienone is 1. The molecule has 0 atom stereocenters. The number of nitrogens with zero attached hydrogens (tertiary/aromatic N) is 3. The van der Waals surface area contributed by atoms with Crippen molar-refractivity contribution >= 4 is 22.5 Å². The number of carbonyl (C=O) groups excluding carboxylic acids is 1. The third-order valence-electron chi connectivity index (χ3n) is 5.85. The van der Waals surface area contributed by atoms with E-state index in [1.165, 1.54) is 5.56 Å². The summed E-state index contributed by atoms with van der Waals surface area (Å²) in [6.45, 7) is 8.54. The predicted octanol–water partition coefficient (Wildman–Crippen LogP) is 5.98. The highest BCUT2D eigenvalue weighted by Gasteiger charge is 2.14. The first-order valence-corrected chi connectivity index (χ1v) is 11.1. The lowest BCUT2D eigenvalue weighted by Crippen LogP contribution is -2.23. The number of fused-ring (bicyclic) bond motifs is 1. The van der Waals surface area contributed by atoms with Crippen LogP contribution in [0.5, 0.6) is 0 Å². The summed E-state index contributed by atoms with van der Waals surface area (Å²) >= 11 is 0. The van der Waals surface area contributed by atoms with Crippen molar-refractivity contribution in [2.75, 3.05) is 7.05 Å². The fourth-order valence-corrected chi connectivity index (χ4v) is 3.77. The molecule has 0 unspecified atom stereocenters. The molecule has 3 heterocycles. The number of hydrogen-bond donors (Lipinski definition) is 1. The first-order chi connectivity index (χ1) is 15.7. The number of likely N-dealkylation sites (N-methyl/N-ethyl adjacent to an activating group) is 1. The van der Waals surface area contributed by atoms with Gasteiger partial charge >= 0.3 is 0 Å². The van der Waals surface area contributed by atoms with Gasteiger partial charge in [0, 0.05) is 42.8 Å². The minimum atomic E-state index is 0.0381. The maximum absolute atomic E-state index is 12.8. The van der Waals surface area contributed by atoms with Gasteiger partial charge in [0.15, 0.2) is 0 Å². The fraction of sp³-hybridized carbons (Fsp3) is 0.250. The first kappa shape index (κ1) is 22.5. The quantitative estimate of drug-likeness (QED) is 0.417. The van der Waals surface area contributed by atoms with E-state index in [-0.39, 0.29) is 11.3 Å². The number of H-pyrrole nitrogens is 1. The number of rotatable bonds is 5. The van der Waals surface area contributed by atoms with Crippen molar-refractivity contribution in [1.29, 1.82) is 0 Å². The minimum Gasteiger partial charge on any atom is -0.346 e. The lowest BCUT2D eigenvalue weighted by atomic mass is 9.86. The van der Waals surface area contributed by atoms with Gasteiger partial charge in [0.05, 0.1) is 12.1 Å². The molecule has 0 fully saturated rings. The Morgan fingerprint density at radius 2 is 1.79 bits per heavy atom. The number of carbonyl (C=O) groups is 1. The molecule has 0 bridgehead atoms. The van der Waals surface area contributed by atoms with Gasteiger partial charge in [-0.2, -0.15) is 0 Å². The minimum absolute atomic E-state index is 0.0381. The van der Waals surface area contributed by atoms with E-state index in [2.05, 4.69) is 53.9 Å². The van der Waals surface area contributed by atoms with Crippen LogP contribution in [-0.4, -0.2) is 32.8 Å². The summed E-state index contributed by atoms with van der Waals surface area (Å²) in [5.41, 5.74) is 7.07. The molecule has 1 amide bonds. The average molecular weight is 439 g/mol. The molecule has 5 heteroatoms. The number of hydrogen-bond acceptors (Lipinski definition) is 3. The third-order valence-corrected chi connectivity index (χ3v) is 5.85. The van der Waals surface area contributed by atoms with Crippen molar-refractivity contribution in [3.63, 3.8) is 0 Å². The van der Waals surface area contributed by atoms with Crippen LogP contribution in [0.2, 0.25) is 0 Å². The molecule has 0 spiro atoms. The second-order valence-corrected chi connectivity index (χ2v) is 9.51. The molecule has 1 N–H and O–H groups in total. The maximum atomic E-state index is 12.8. The summed E-state index contributed by atoms with van der Waals surface area (Å²) in [6, 6.07) is 16.4. The molecule has 3 aromatic heterocycles. The molecule has 0 saturated carbocycles. The zero-order valence-electron chi connectivity index (χ0n) is 19.9. The molecule has 0 aliphatic carbocycles. The normalized spacial score (nSPS) is 12.2. The van der Waals surface area contributed by atoms with Crippen molar-refractivity contribution < 1.29 is 4.79 Å². The summed E-state index contributed by atoms with van der Waals surface area (Å²) in [6.07, 6.45) is 7.75. The van der Waals surface area contributed by atoms with Gasteiger partial charge in [0.2, 0.25) is 5.91 Å². The lowest BCUT2D eigenvalue weighted by molar-refractivity contribution is -0.126. The van der Waals surface area contributed by atoms with Gasteiger partial charge in [0.1, 0.15) is 5.65 Å². The van der Waals surface area contributed by atoms with Crippen molar-refractivity contribution in [3.05, 3.63) is 90.1 Å². The number of nitrogens with one attached hydrogen (secondary N) is 1. The Kier molecular flexibility index (Phi) is 6.14. The molecule has 168 valence electrons. The van der Waals surface area contributed by atoms with Crippen LogP contribution in [0.3, 0.4) is 0 Å². The highest BCUT2D eigenvalue weighted by molar-refractivity contribution is 5.83. The Bertz CT molecular complexity index is 1310. The molecule has 0 radical (unpaired) electrons. The van der Waals surface area contributed by atoms with Crippen molar-refractivity contribution in [2.45, 2.75) is 39.5 Å². The molecule has 5 nitrogen and oxygen atoms in total. The highest BCUT2D eigenvalue weighted by atomic mass is 16.2. The zero-order valence-corrected chi connectivity index (χ0v) is 19.9. The van der Waals surface area contributed by atoms with E-state index in [9.17, 15) is 4.79 Å². The first-order valence-electron chi connectivity index (χ1n) is 11.1. The topological polar surface area (TPSA) is 61.9 Å². The molecule has 0 aliphatic heterocycles. The summed E-state index contributed by atoms with van der Waals surface area (Å²) < 4.78 is 0. The SMILES string of the molecule is C/C(=C\N(C)C(=O)Cc1ccc(C(C)(C)C)cc1)c1cc(-c2cnc3[nH]ccc3c2)ccn1. The smallest absolute Gasteiger partial charge is 0.230 e. The van der Waals surface area contributed by atoms with Crippen LogP contribution in [-0.2, 0) is 16.6 Å². The highest BCUT2D eigenvalue weighted by Crippen LogP contribution is 2.25. The second-order valence-electron chi connectivity index (χ2n) is 9.51. The van der Waals surface area contributed by atoms with Gasteiger partial charge in [0.25, 0.3) is 0 Å². The Morgan fingerprint density at radius 1 is 1.03 bits per heavy atom. The van der Waals surface area contributed by atoms with Crippen LogP contribution in [0, 0.1) is 0 Å². The van der Waals surface area contributed by atoms with Crippen LogP contribution < -0.4 is 0 Å². The Labute approximate surface area is 195 Å². The Morgan fingerprint density at radius 3 is 2.52 bits per heavy atom. The van der Waals surface area contributed by atoms with Gasteiger partial charge in [-0.05, 0) is 58.9 Å². The summed E-state index contributed by atoms with van der Waals surface area (Å²) in [4.78, 5) is 26.6. The van der Waals surface area contributed by atoms with Crippen molar-refractivity contribution in [2.24, 2.45) is 0 Å². The number of aromatic nitrogens is 3. The van der Waals surface area contributed by atoms with E-state index in [1.807, 2.05) is 55.8 Å². The molecule has 0 saturated heterocycles. The van der Waals surface area contributed by atoms with Crippen LogP contribution >= 0.6 is 0 Å². The van der Waals surface area contributed by atoms with E-state index < -0.39 is 0 Å². The molecular formula is C28H30N4O. The third kappa shape index (κ3) is 5.20. The molecule has 33 heavy (non-hydrogen) atoms. The van der Waals surface area contributed by atoms with E-state index in [4.69, 9.17) is 0 Å². The van der Waals surface area contributed by atoms with E-state index in [1.54, 1.807) is 18.1 Å². The fourth-order valence-electron chi connectivity index (χ4n) is 3.77. The second kappa shape index (κ2) is 9.02. The number of benzene rings is 1. The molecule has 4 aromatic rings. The van der Waals surface area contributed by atoms with E-state index in [0.29, 0.717) is 6.42 Å². The average Bonchev–Trinajstić information content (AvgIpc) is 3.27. The van der Waals surface area contributed by atoms with E-state index >= 15 is 0 Å². The Balaban J connectivity index is 1.48. The zero-order chi connectivity index (χ0) is 23.6. The standard InChI is InChI=1S/C28H30N4O/c1-19(18-32(5)26(33)14-20-6-8-24(9-7-20)28(2,3)4)25-16-21(10-12-29-25)23-15-22-11-13-30-27(22)31-17-23/h6-13,15-18H,14H2,1-5H3,(H,30,31)/b19-18+. The summed E-state index contributed by atoms with van der Waals surface area (Å²) in [7, 11) is 1.79. The molecule has 4 rings (SSSR count). The van der Waals surface area contributed by atoms with Gasteiger partial charge in [-0.25, -0.2) is 4.98 Å². The van der Waals surface area contributed by atoms with Gasteiger partial charge < -0.3 is 9.88 Å². The van der Waals surface area contributed by atoms with Crippen molar-refractivity contribution in [1.82, 2.24) is 19.9 Å². The van der Waals surface area contributed by atoms with E-state index in [0.717, 1.165) is 39.0 Å². The largest absolute Gasteiger partial charge is 0.346 e. The van der Waals surface area contributed by atoms with Crippen LogP contribution in [0.25, 0.3) is 27.7 Å². The summed E-state index contributed by atoms with van der Waals surface area (Å²) in [5.74, 6) is 0.0381. The monoisotopic (exact) mass is 438 g/mol. The molecular weight excluding hydrogens is 408 g/mol. The van der Waals surface area contributed by atoms with Gasteiger partial charge in [-0.1, -0.05) is 45.0 Å². The number of pyridine rings is 2. The molecule has 0 aliphatic rings. The summed E-state index contributed by atoms with van der Waals surface area (Å²) in [5, 5.41) is 1.07. The van der Waals surface area contributed by atoms with Gasteiger partial charge in [-0.15, -0.1) is 0 Å². The van der Waals surface area contributed by atoms with Crippen LogP contribution in [0.4, 0.5) is 0 Å². The van der Waals surface area contributed by atoms with Crippen LogP contribution in [0.1, 0.15) is 44.5 Å².